The summed E-state index contributed by atoms with van der Waals surface area (Å²) in [7, 11) is -3.63. The average molecular weight is 463 g/mol. The lowest BCUT2D eigenvalue weighted by Gasteiger charge is -2.32. The maximum absolute atomic E-state index is 13.4. The summed E-state index contributed by atoms with van der Waals surface area (Å²) in [5.74, 6) is -0.510. The molecule has 33 heavy (non-hydrogen) atoms. The normalized spacial score (nSPS) is 17.9. The molecule has 0 saturated carbocycles. The third-order valence-electron chi connectivity index (χ3n) is 6.21. The van der Waals surface area contributed by atoms with Crippen LogP contribution < -0.4 is 5.32 Å². The van der Waals surface area contributed by atoms with E-state index in [0.29, 0.717) is 19.4 Å². The molecule has 6 heteroatoms. The van der Waals surface area contributed by atoms with Crippen LogP contribution >= 0.6 is 0 Å². The highest BCUT2D eigenvalue weighted by molar-refractivity contribution is 7.89. The molecule has 0 spiro atoms. The Morgan fingerprint density at radius 2 is 1.61 bits per heavy atom. The Kier molecular flexibility index (Phi) is 6.96. The summed E-state index contributed by atoms with van der Waals surface area (Å²) in [6, 6.07) is 24.6. The Morgan fingerprint density at radius 1 is 0.909 bits per heavy atom. The van der Waals surface area contributed by atoms with Crippen molar-refractivity contribution in [3.63, 3.8) is 0 Å². The molecule has 1 aliphatic heterocycles. The Bertz CT molecular complexity index is 1210. The molecule has 5 nitrogen and oxygen atoms in total. The molecule has 0 aliphatic carbocycles. The van der Waals surface area contributed by atoms with Gasteiger partial charge in [0.15, 0.2) is 0 Å². The minimum atomic E-state index is -3.63. The number of piperidine rings is 1. The molecule has 1 fully saturated rings. The molecule has 1 aliphatic rings. The lowest BCUT2D eigenvalue weighted by Crippen LogP contribution is -2.46. The molecule has 0 unspecified atom stereocenters. The van der Waals surface area contributed by atoms with Crippen molar-refractivity contribution in [1.29, 1.82) is 0 Å². The van der Waals surface area contributed by atoms with Gasteiger partial charge in [0.1, 0.15) is 0 Å². The first kappa shape index (κ1) is 23.2. The zero-order valence-corrected chi connectivity index (χ0v) is 19.9. The molecule has 3 aromatic carbocycles. The van der Waals surface area contributed by atoms with E-state index in [-0.39, 0.29) is 23.4 Å². The topological polar surface area (TPSA) is 66.5 Å². The van der Waals surface area contributed by atoms with E-state index in [4.69, 9.17) is 0 Å². The van der Waals surface area contributed by atoms with E-state index in [9.17, 15) is 13.2 Å². The maximum atomic E-state index is 13.4. The van der Waals surface area contributed by atoms with Gasteiger partial charge in [0, 0.05) is 13.1 Å². The minimum absolute atomic E-state index is 0.117. The van der Waals surface area contributed by atoms with Crippen LogP contribution in [0.2, 0.25) is 0 Å². The molecule has 1 amide bonds. The fourth-order valence-electron chi connectivity index (χ4n) is 4.35. The first-order valence-corrected chi connectivity index (χ1v) is 12.8. The van der Waals surface area contributed by atoms with Gasteiger partial charge >= 0.3 is 0 Å². The fraction of sp³-hybridized carbons (Fsp3) is 0.296. The summed E-state index contributed by atoms with van der Waals surface area (Å²) in [6.45, 7) is 4.58. The number of aryl methyl sites for hydroxylation is 2. The number of carbonyl (C=O) groups excluding carboxylic acids is 1. The predicted octanol–water partition coefficient (Wildman–Crippen LogP) is 4.61. The van der Waals surface area contributed by atoms with Crippen LogP contribution in [0.1, 0.15) is 41.1 Å². The van der Waals surface area contributed by atoms with E-state index in [1.54, 1.807) is 24.3 Å². The number of hydrogen-bond donors (Lipinski definition) is 1. The largest absolute Gasteiger partial charge is 0.345 e. The number of benzene rings is 3. The Balaban J connectivity index is 1.54. The number of hydrogen-bond acceptors (Lipinski definition) is 3. The van der Waals surface area contributed by atoms with Crippen molar-refractivity contribution >= 4 is 15.9 Å². The van der Waals surface area contributed by atoms with Crippen LogP contribution in [-0.2, 0) is 14.8 Å². The van der Waals surface area contributed by atoms with Crippen LogP contribution in [0.5, 0.6) is 0 Å². The van der Waals surface area contributed by atoms with Crippen molar-refractivity contribution in [2.24, 2.45) is 5.92 Å². The minimum Gasteiger partial charge on any atom is -0.345 e. The first-order valence-electron chi connectivity index (χ1n) is 11.3. The van der Waals surface area contributed by atoms with Crippen LogP contribution in [0.15, 0.2) is 83.8 Å². The van der Waals surface area contributed by atoms with Gasteiger partial charge in [0.25, 0.3) is 0 Å². The third-order valence-corrected chi connectivity index (χ3v) is 8.09. The third kappa shape index (κ3) is 5.34. The maximum Gasteiger partial charge on any atom is 0.243 e. The summed E-state index contributed by atoms with van der Waals surface area (Å²) in [5, 5.41) is 3.21. The second-order valence-corrected chi connectivity index (χ2v) is 10.7. The molecule has 0 radical (unpaired) electrons. The zero-order valence-electron chi connectivity index (χ0n) is 19.1. The molecule has 3 aromatic rings. The summed E-state index contributed by atoms with van der Waals surface area (Å²) in [5.41, 5.74) is 4.13. The van der Waals surface area contributed by atoms with Crippen molar-refractivity contribution in [2.45, 2.75) is 37.6 Å². The van der Waals surface area contributed by atoms with Gasteiger partial charge in [-0.2, -0.15) is 4.31 Å². The van der Waals surface area contributed by atoms with Gasteiger partial charge in [-0.05, 0) is 49.9 Å². The van der Waals surface area contributed by atoms with Crippen molar-refractivity contribution in [1.82, 2.24) is 9.62 Å². The van der Waals surface area contributed by atoms with Gasteiger partial charge < -0.3 is 5.32 Å². The summed E-state index contributed by atoms with van der Waals surface area (Å²) in [6.07, 6.45) is 1.32. The number of rotatable bonds is 6. The van der Waals surface area contributed by atoms with Crippen molar-refractivity contribution in [3.05, 3.63) is 101 Å². The standard InChI is InChI=1S/C27H30N2O3S/c1-20-13-15-25(16-14-20)33(31,32)29-17-7-12-24(19-29)27(30)28-26(22-9-4-3-5-10-22)23-11-6-8-21(2)18-23/h3-6,8-11,13-16,18,24,26H,7,12,17,19H2,1-2H3,(H,28,30)/t24-,26-/m1/s1. The number of nitrogens with zero attached hydrogens (tertiary/aromatic N) is 1. The second-order valence-electron chi connectivity index (χ2n) is 8.78. The van der Waals surface area contributed by atoms with Gasteiger partial charge in [0.2, 0.25) is 15.9 Å². The van der Waals surface area contributed by atoms with Crippen LogP contribution in [0.25, 0.3) is 0 Å². The van der Waals surface area contributed by atoms with E-state index in [1.165, 1.54) is 4.31 Å². The Hall–Kier alpha value is -2.96. The van der Waals surface area contributed by atoms with Crippen LogP contribution in [-0.4, -0.2) is 31.7 Å². The monoisotopic (exact) mass is 462 g/mol. The fourth-order valence-corrected chi connectivity index (χ4v) is 5.87. The number of sulfonamides is 1. The zero-order chi connectivity index (χ0) is 23.4. The molecular weight excluding hydrogens is 432 g/mol. The summed E-state index contributed by atoms with van der Waals surface area (Å²) < 4.78 is 27.8. The first-order chi connectivity index (χ1) is 15.8. The Morgan fingerprint density at radius 3 is 2.30 bits per heavy atom. The van der Waals surface area contributed by atoms with Gasteiger partial charge in [-0.3, -0.25) is 4.79 Å². The molecule has 1 N–H and O–H groups in total. The highest BCUT2D eigenvalue weighted by Crippen LogP contribution is 2.27. The smallest absolute Gasteiger partial charge is 0.243 e. The van der Waals surface area contributed by atoms with Crippen LogP contribution in [0.4, 0.5) is 0 Å². The van der Waals surface area contributed by atoms with Gasteiger partial charge in [-0.1, -0.05) is 77.9 Å². The molecule has 1 heterocycles. The molecule has 172 valence electrons. The van der Waals surface area contributed by atoms with E-state index in [2.05, 4.69) is 11.4 Å². The Labute approximate surface area is 196 Å². The average Bonchev–Trinajstić information content (AvgIpc) is 2.83. The SMILES string of the molecule is Cc1ccc(S(=O)(=O)N2CCC[C@@H](C(=O)N[C@H](c3ccccc3)c3cccc(C)c3)C2)cc1. The van der Waals surface area contributed by atoms with Crippen molar-refractivity contribution in [3.8, 4) is 0 Å². The summed E-state index contributed by atoms with van der Waals surface area (Å²) >= 11 is 0. The highest BCUT2D eigenvalue weighted by Gasteiger charge is 2.34. The number of carbonyl (C=O) groups is 1. The molecule has 1 saturated heterocycles. The highest BCUT2D eigenvalue weighted by atomic mass is 32.2. The van der Waals surface area contributed by atoms with E-state index < -0.39 is 15.9 Å². The number of amides is 1. The lowest BCUT2D eigenvalue weighted by molar-refractivity contribution is -0.126. The van der Waals surface area contributed by atoms with Crippen molar-refractivity contribution in [2.75, 3.05) is 13.1 Å². The quantitative estimate of drug-likeness (QED) is 0.582. The number of nitrogens with one attached hydrogen (secondary N) is 1. The molecular formula is C27H30N2O3S. The van der Waals surface area contributed by atoms with Gasteiger partial charge in [-0.15, -0.1) is 0 Å². The van der Waals surface area contributed by atoms with E-state index in [0.717, 1.165) is 22.3 Å². The van der Waals surface area contributed by atoms with Crippen molar-refractivity contribution < 1.29 is 13.2 Å². The van der Waals surface area contributed by atoms with E-state index in [1.807, 2.05) is 62.4 Å². The van der Waals surface area contributed by atoms with Crippen LogP contribution in [0.3, 0.4) is 0 Å². The molecule has 0 aromatic heterocycles. The molecule has 0 bridgehead atoms. The second kappa shape index (κ2) is 9.89. The van der Waals surface area contributed by atoms with E-state index >= 15 is 0 Å². The van der Waals surface area contributed by atoms with Gasteiger partial charge in [-0.25, -0.2) is 8.42 Å². The van der Waals surface area contributed by atoms with Gasteiger partial charge in [0.05, 0.1) is 16.9 Å². The predicted molar refractivity (Wildman–Crippen MR) is 130 cm³/mol. The molecule has 4 rings (SSSR count). The lowest BCUT2D eigenvalue weighted by atomic mass is 9.94. The summed E-state index contributed by atoms with van der Waals surface area (Å²) in [4.78, 5) is 13.6. The molecule has 2 atom stereocenters. The van der Waals surface area contributed by atoms with Crippen LogP contribution in [0, 0.1) is 19.8 Å².